The molecule has 4 aromatic rings. The molecule has 4 nitrogen and oxygen atoms in total. The number of aromatic amines is 2. The van der Waals surface area contributed by atoms with E-state index in [0.29, 0.717) is 0 Å². The first-order chi connectivity index (χ1) is 12.3. The van der Waals surface area contributed by atoms with Gasteiger partial charge in [0.15, 0.2) is 5.16 Å². The van der Waals surface area contributed by atoms with Crippen LogP contribution in [0.25, 0.3) is 22.1 Å². The summed E-state index contributed by atoms with van der Waals surface area (Å²) in [6.45, 7) is 2.11. The van der Waals surface area contributed by atoms with E-state index in [2.05, 4.69) is 51.1 Å². The first-order valence-corrected chi connectivity index (χ1v) is 9.79. The molecular formula is C20H22N4S. The van der Waals surface area contributed by atoms with Gasteiger partial charge < -0.3 is 9.97 Å². The van der Waals surface area contributed by atoms with Gasteiger partial charge in [-0.15, -0.1) is 0 Å². The van der Waals surface area contributed by atoms with Gasteiger partial charge in [0.2, 0.25) is 0 Å². The molecule has 2 aromatic heterocycles. The van der Waals surface area contributed by atoms with Gasteiger partial charge in [-0.2, -0.15) is 0 Å². The number of thioether (sulfide) groups is 1. The molecule has 2 N–H and O–H groups in total. The zero-order chi connectivity index (χ0) is 17.1. The summed E-state index contributed by atoms with van der Waals surface area (Å²) in [5.74, 6) is 2.20. The van der Waals surface area contributed by atoms with Gasteiger partial charge in [0.1, 0.15) is 5.82 Å². The van der Waals surface area contributed by atoms with Crippen molar-refractivity contribution in [2.24, 2.45) is 0 Å². The van der Waals surface area contributed by atoms with Crippen molar-refractivity contribution in [2.45, 2.75) is 37.8 Å². The Morgan fingerprint density at radius 3 is 2.68 bits per heavy atom. The molecule has 0 aliphatic rings. The van der Waals surface area contributed by atoms with Gasteiger partial charge in [-0.25, -0.2) is 9.97 Å². The van der Waals surface area contributed by atoms with Crippen molar-refractivity contribution in [3.8, 4) is 0 Å². The largest absolute Gasteiger partial charge is 0.342 e. The van der Waals surface area contributed by atoms with Crippen molar-refractivity contribution in [3.63, 3.8) is 0 Å². The molecule has 0 unspecified atom stereocenters. The van der Waals surface area contributed by atoms with Crippen molar-refractivity contribution in [1.82, 2.24) is 19.9 Å². The van der Waals surface area contributed by atoms with Crippen LogP contribution in [0, 0.1) is 6.92 Å². The Balaban J connectivity index is 1.21. The molecule has 0 spiro atoms. The number of benzene rings is 2. The quantitative estimate of drug-likeness (QED) is 0.353. The number of hydrogen-bond donors (Lipinski definition) is 2. The number of rotatable bonds is 7. The third kappa shape index (κ3) is 3.87. The maximum Gasteiger partial charge on any atom is 0.166 e. The Hall–Kier alpha value is -2.27. The molecule has 2 heterocycles. The van der Waals surface area contributed by atoms with Crippen molar-refractivity contribution in [1.29, 1.82) is 0 Å². The molecule has 128 valence electrons. The first-order valence-electron chi connectivity index (χ1n) is 8.81. The Labute approximate surface area is 151 Å². The second-order valence-corrected chi connectivity index (χ2v) is 7.51. The summed E-state index contributed by atoms with van der Waals surface area (Å²) in [6, 6.07) is 14.5. The van der Waals surface area contributed by atoms with E-state index in [9.17, 15) is 0 Å². The van der Waals surface area contributed by atoms with E-state index in [1.54, 1.807) is 0 Å². The fourth-order valence-corrected chi connectivity index (χ4v) is 3.92. The summed E-state index contributed by atoms with van der Waals surface area (Å²) in [5.41, 5.74) is 5.65. The number of nitrogens with zero attached hydrogens (tertiary/aromatic N) is 2. The van der Waals surface area contributed by atoms with Crippen molar-refractivity contribution < 1.29 is 0 Å². The highest BCUT2D eigenvalue weighted by molar-refractivity contribution is 7.99. The third-order valence-electron chi connectivity index (χ3n) is 4.35. The smallest absolute Gasteiger partial charge is 0.166 e. The Morgan fingerprint density at radius 2 is 1.76 bits per heavy atom. The molecule has 25 heavy (non-hydrogen) atoms. The lowest BCUT2D eigenvalue weighted by Gasteiger charge is -1.99. The summed E-state index contributed by atoms with van der Waals surface area (Å²) in [4.78, 5) is 16.1. The topological polar surface area (TPSA) is 57.4 Å². The van der Waals surface area contributed by atoms with E-state index in [1.807, 2.05) is 30.0 Å². The first kappa shape index (κ1) is 16.2. The average Bonchev–Trinajstić information content (AvgIpc) is 3.20. The van der Waals surface area contributed by atoms with Crippen molar-refractivity contribution in [3.05, 3.63) is 53.9 Å². The number of unbranched alkanes of at least 4 members (excludes halogenated alkanes) is 2. The number of aryl methyl sites for hydroxylation is 2. The fraction of sp³-hybridized carbons (Fsp3) is 0.300. The van der Waals surface area contributed by atoms with Crippen molar-refractivity contribution >= 4 is 33.8 Å². The van der Waals surface area contributed by atoms with E-state index in [1.165, 1.54) is 24.8 Å². The third-order valence-corrected chi connectivity index (χ3v) is 5.31. The molecule has 0 aliphatic heterocycles. The minimum absolute atomic E-state index is 1.02. The van der Waals surface area contributed by atoms with Crippen LogP contribution in [0.15, 0.2) is 47.6 Å². The van der Waals surface area contributed by atoms with Crippen LogP contribution in [0.4, 0.5) is 0 Å². The standard InChI is InChI=1S/C20H22N4S/c1-14-10-11-17-18(13-14)22-19(21-17)9-3-2-6-12-25-20-23-15-7-4-5-8-16(15)24-20/h4-5,7-8,10-11,13H,2-3,6,9,12H2,1H3,(H,21,22)(H,23,24). The summed E-state index contributed by atoms with van der Waals surface area (Å²) in [5, 5.41) is 1.02. The maximum absolute atomic E-state index is 4.67. The Bertz CT molecular complexity index is 953. The lowest BCUT2D eigenvalue weighted by molar-refractivity contribution is 0.704. The van der Waals surface area contributed by atoms with Crippen LogP contribution in [-0.2, 0) is 6.42 Å². The molecule has 2 aromatic carbocycles. The van der Waals surface area contributed by atoms with Crippen LogP contribution in [0.5, 0.6) is 0 Å². The van der Waals surface area contributed by atoms with Gasteiger partial charge in [0, 0.05) is 12.2 Å². The number of hydrogen-bond acceptors (Lipinski definition) is 3. The minimum Gasteiger partial charge on any atom is -0.342 e. The minimum atomic E-state index is 1.02. The van der Waals surface area contributed by atoms with Crippen LogP contribution in [-0.4, -0.2) is 25.7 Å². The maximum atomic E-state index is 4.67. The number of fused-ring (bicyclic) bond motifs is 2. The summed E-state index contributed by atoms with van der Waals surface area (Å²) in [6.07, 6.45) is 4.59. The normalized spacial score (nSPS) is 11.6. The molecule has 0 radical (unpaired) electrons. The monoisotopic (exact) mass is 350 g/mol. The Kier molecular flexibility index (Phi) is 4.74. The number of aromatic nitrogens is 4. The summed E-state index contributed by atoms with van der Waals surface area (Å²) < 4.78 is 0. The second-order valence-electron chi connectivity index (χ2n) is 6.42. The second kappa shape index (κ2) is 7.31. The molecule has 0 fully saturated rings. The highest BCUT2D eigenvalue weighted by Crippen LogP contribution is 2.21. The SMILES string of the molecule is Cc1ccc2nc(CCCCCSc3nc4ccccc4[nH]3)[nH]c2c1. The predicted octanol–water partition coefficient (Wildman–Crippen LogP) is 5.25. The zero-order valence-corrected chi connectivity index (χ0v) is 15.2. The highest BCUT2D eigenvalue weighted by Gasteiger charge is 2.04. The molecule has 0 saturated carbocycles. The van der Waals surface area contributed by atoms with E-state index in [4.69, 9.17) is 0 Å². The lowest BCUT2D eigenvalue weighted by Crippen LogP contribution is -1.89. The predicted molar refractivity (Wildman–Crippen MR) is 105 cm³/mol. The van der Waals surface area contributed by atoms with E-state index < -0.39 is 0 Å². The fourth-order valence-electron chi connectivity index (χ4n) is 3.03. The van der Waals surface area contributed by atoms with Gasteiger partial charge in [-0.3, -0.25) is 0 Å². The number of imidazole rings is 2. The lowest BCUT2D eigenvalue weighted by atomic mass is 10.2. The molecule has 5 heteroatoms. The van der Waals surface area contributed by atoms with E-state index in [-0.39, 0.29) is 0 Å². The molecule has 4 rings (SSSR count). The van der Waals surface area contributed by atoms with Gasteiger partial charge in [-0.05, 0) is 49.6 Å². The molecule has 0 atom stereocenters. The molecule has 0 aliphatic carbocycles. The van der Waals surface area contributed by atoms with Crippen LogP contribution in [0.2, 0.25) is 0 Å². The average molecular weight is 350 g/mol. The summed E-state index contributed by atoms with van der Waals surface area (Å²) >= 11 is 1.81. The zero-order valence-electron chi connectivity index (χ0n) is 14.4. The van der Waals surface area contributed by atoms with E-state index >= 15 is 0 Å². The number of nitrogens with one attached hydrogen (secondary N) is 2. The van der Waals surface area contributed by atoms with Gasteiger partial charge in [0.05, 0.1) is 22.1 Å². The van der Waals surface area contributed by atoms with Crippen LogP contribution >= 0.6 is 11.8 Å². The number of para-hydroxylation sites is 2. The Morgan fingerprint density at radius 1 is 0.880 bits per heavy atom. The molecule has 0 bridgehead atoms. The molecule has 0 saturated heterocycles. The van der Waals surface area contributed by atoms with Crippen LogP contribution in [0.3, 0.4) is 0 Å². The summed E-state index contributed by atoms with van der Waals surface area (Å²) in [7, 11) is 0. The molecular weight excluding hydrogens is 328 g/mol. The van der Waals surface area contributed by atoms with Gasteiger partial charge >= 0.3 is 0 Å². The molecule has 0 amide bonds. The van der Waals surface area contributed by atoms with Gasteiger partial charge in [0.25, 0.3) is 0 Å². The number of H-pyrrole nitrogens is 2. The van der Waals surface area contributed by atoms with Crippen LogP contribution in [0.1, 0.15) is 30.7 Å². The van der Waals surface area contributed by atoms with Crippen LogP contribution < -0.4 is 0 Å². The van der Waals surface area contributed by atoms with Crippen molar-refractivity contribution in [2.75, 3.05) is 5.75 Å². The highest BCUT2D eigenvalue weighted by atomic mass is 32.2. The van der Waals surface area contributed by atoms with E-state index in [0.717, 1.165) is 45.2 Å². The van der Waals surface area contributed by atoms with Gasteiger partial charge in [-0.1, -0.05) is 36.4 Å².